The van der Waals surface area contributed by atoms with Gasteiger partial charge in [-0.25, -0.2) is 8.42 Å². The molecule has 0 bridgehead atoms. The molecule has 0 fully saturated rings. The van der Waals surface area contributed by atoms with Gasteiger partial charge in [-0.1, -0.05) is 42.5 Å². The van der Waals surface area contributed by atoms with E-state index >= 15 is 0 Å². The van der Waals surface area contributed by atoms with Crippen LogP contribution in [-0.2, 0) is 23.0 Å². The molecule has 138 valence electrons. The molecule has 4 rings (SSSR count). The number of hydrogen-bond donors (Lipinski definition) is 1. The molecular weight excluding hydrogens is 360 g/mol. The first kappa shape index (κ1) is 17.5. The molecule has 27 heavy (non-hydrogen) atoms. The van der Waals surface area contributed by atoms with E-state index in [1.54, 1.807) is 43.3 Å². The molecule has 3 aromatic rings. The van der Waals surface area contributed by atoms with E-state index in [-0.39, 0.29) is 10.7 Å². The van der Waals surface area contributed by atoms with Crippen LogP contribution in [0.5, 0.6) is 0 Å². The van der Waals surface area contributed by atoms with Crippen molar-refractivity contribution in [3.8, 4) is 0 Å². The van der Waals surface area contributed by atoms with Crippen molar-refractivity contribution < 1.29 is 8.42 Å². The summed E-state index contributed by atoms with van der Waals surface area (Å²) in [6, 6.07) is 18.7. The largest absolute Gasteiger partial charge is 0.350 e. The molecule has 0 radical (unpaired) electrons. The van der Waals surface area contributed by atoms with E-state index in [0.29, 0.717) is 5.56 Å². The molecule has 7 heteroatoms. The maximum Gasteiger partial charge on any atom is 0.263 e. The highest BCUT2D eigenvalue weighted by molar-refractivity contribution is 7.92. The maximum atomic E-state index is 12.6. The molecule has 0 spiro atoms. The zero-order valence-corrected chi connectivity index (χ0v) is 15.8. The van der Waals surface area contributed by atoms with Gasteiger partial charge in [-0.2, -0.15) is 0 Å². The smallest absolute Gasteiger partial charge is 0.263 e. The number of aromatic nitrogens is 2. The molecule has 0 saturated heterocycles. The minimum absolute atomic E-state index is 0.208. The van der Waals surface area contributed by atoms with Crippen LogP contribution in [0.1, 0.15) is 16.7 Å². The highest BCUT2D eigenvalue weighted by Gasteiger charge is 2.19. The van der Waals surface area contributed by atoms with Crippen LogP contribution in [0.4, 0.5) is 11.6 Å². The minimum atomic E-state index is -3.69. The summed E-state index contributed by atoms with van der Waals surface area (Å²) in [5.41, 5.74) is 3.33. The lowest BCUT2D eigenvalue weighted by atomic mass is 10.00. The topological polar surface area (TPSA) is 75.2 Å². The van der Waals surface area contributed by atoms with Crippen molar-refractivity contribution in [2.75, 3.05) is 16.2 Å². The number of benzene rings is 2. The van der Waals surface area contributed by atoms with Gasteiger partial charge in [0.2, 0.25) is 0 Å². The number of sulfonamides is 1. The fourth-order valence-corrected chi connectivity index (χ4v) is 4.53. The Balaban J connectivity index is 1.51. The Morgan fingerprint density at radius 1 is 0.926 bits per heavy atom. The van der Waals surface area contributed by atoms with Crippen LogP contribution >= 0.6 is 0 Å². The summed E-state index contributed by atoms with van der Waals surface area (Å²) in [6.45, 7) is 3.40. The Bertz CT molecular complexity index is 1070. The molecule has 1 aliphatic heterocycles. The van der Waals surface area contributed by atoms with E-state index < -0.39 is 10.0 Å². The molecule has 0 amide bonds. The predicted octanol–water partition coefficient (Wildman–Crippen LogP) is 3.15. The molecule has 2 heterocycles. The van der Waals surface area contributed by atoms with Crippen LogP contribution in [0.15, 0.2) is 65.6 Å². The van der Waals surface area contributed by atoms with Crippen molar-refractivity contribution >= 4 is 21.7 Å². The third kappa shape index (κ3) is 3.64. The Kier molecular flexibility index (Phi) is 4.53. The molecular formula is C20H20N4O2S. The summed E-state index contributed by atoms with van der Waals surface area (Å²) in [5.74, 6) is 0.947. The zero-order valence-electron chi connectivity index (χ0n) is 15.0. The van der Waals surface area contributed by atoms with E-state index in [2.05, 4.69) is 38.0 Å². The number of fused-ring (bicyclic) bond motifs is 1. The van der Waals surface area contributed by atoms with Gasteiger partial charge in [-0.15, -0.1) is 10.2 Å². The van der Waals surface area contributed by atoms with E-state index in [4.69, 9.17) is 0 Å². The van der Waals surface area contributed by atoms with Gasteiger partial charge in [0.25, 0.3) is 10.0 Å². The molecule has 0 aliphatic carbocycles. The fraction of sp³-hybridized carbons (Fsp3) is 0.200. The van der Waals surface area contributed by atoms with Crippen molar-refractivity contribution in [3.05, 3.63) is 77.4 Å². The van der Waals surface area contributed by atoms with Gasteiger partial charge in [0, 0.05) is 13.1 Å². The van der Waals surface area contributed by atoms with Gasteiger partial charge < -0.3 is 4.90 Å². The molecule has 0 unspecified atom stereocenters. The second-order valence-electron chi connectivity index (χ2n) is 6.59. The van der Waals surface area contributed by atoms with Crippen LogP contribution in [0.2, 0.25) is 0 Å². The number of rotatable bonds is 4. The molecule has 6 nitrogen and oxygen atoms in total. The SMILES string of the molecule is Cc1ccccc1S(=O)(=O)Nc1ccc(N2CCc3ccccc3C2)nn1. The average molecular weight is 380 g/mol. The quantitative estimate of drug-likeness (QED) is 0.753. The van der Waals surface area contributed by atoms with E-state index in [1.165, 1.54) is 11.1 Å². The average Bonchev–Trinajstić information content (AvgIpc) is 2.68. The summed E-state index contributed by atoms with van der Waals surface area (Å²) >= 11 is 0. The first-order valence-corrected chi connectivity index (χ1v) is 10.3. The van der Waals surface area contributed by atoms with Crippen LogP contribution in [0.25, 0.3) is 0 Å². The van der Waals surface area contributed by atoms with Gasteiger partial charge in [-0.05, 0) is 48.2 Å². The second-order valence-corrected chi connectivity index (χ2v) is 8.24. The van der Waals surface area contributed by atoms with E-state index in [0.717, 1.165) is 25.3 Å². The summed E-state index contributed by atoms with van der Waals surface area (Å²) in [4.78, 5) is 2.39. The Morgan fingerprint density at radius 3 is 2.41 bits per heavy atom. The van der Waals surface area contributed by atoms with Crippen molar-refractivity contribution in [1.82, 2.24) is 10.2 Å². The number of anilines is 2. The monoisotopic (exact) mass is 380 g/mol. The first-order valence-electron chi connectivity index (χ1n) is 8.77. The predicted molar refractivity (Wildman–Crippen MR) is 105 cm³/mol. The van der Waals surface area contributed by atoms with Gasteiger partial charge in [0.1, 0.15) is 0 Å². The second kappa shape index (κ2) is 7.00. The lowest BCUT2D eigenvalue weighted by Gasteiger charge is -2.29. The van der Waals surface area contributed by atoms with Crippen molar-refractivity contribution in [3.63, 3.8) is 0 Å². The summed E-state index contributed by atoms with van der Waals surface area (Å²) in [5, 5.41) is 8.29. The molecule has 1 aliphatic rings. The fourth-order valence-electron chi connectivity index (χ4n) is 3.29. The number of aryl methyl sites for hydroxylation is 1. The van der Waals surface area contributed by atoms with E-state index in [9.17, 15) is 8.42 Å². The minimum Gasteiger partial charge on any atom is -0.350 e. The summed E-state index contributed by atoms with van der Waals surface area (Å²) in [7, 11) is -3.69. The van der Waals surface area contributed by atoms with Gasteiger partial charge in [0.15, 0.2) is 11.6 Å². The molecule has 0 atom stereocenters. The number of hydrogen-bond acceptors (Lipinski definition) is 5. The third-order valence-corrected chi connectivity index (χ3v) is 6.24. The van der Waals surface area contributed by atoms with Crippen molar-refractivity contribution in [1.29, 1.82) is 0 Å². The molecule has 2 aromatic carbocycles. The van der Waals surface area contributed by atoms with Crippen molar-refractivity contribution in [2.45, 2.75) is 24.8 Å². The summed E-state index contributed by atoms with van der Waals surface area (Å²) < 4.78 is 27.6. The van der Waals surface area contributed by atoms with Crippen LogP contribution < -0.4 is 9.62 Å². The van der Waals surface area contributed by atoms with Crippen LogP contribution in [0.3, 0.4) is 0 Å². The number of nitrogens with zero attached hydrogens (tertiary/aromatic N) is 3. The molecule has 0 saturated carbocycles. The highest BCUT2D eigenvalue weighted by atomic mass is 32.2. The van der Waals surface area contributed by atoms with Gasteiger partial charge >= 0.3 is 0 Å². The van der Waals surface area contributed by atoms with Gasteiger partial charge in [-0.3, -0.25) is 4.72 Å². The molecule has 1 N–H and O–H groups in total. The first-order chi connectivity index (χ1) is 13.0. The molecule has 1 aromatic heterocycles. The normalized spacial score (nSPS) is 13.9. The Morgan fingerprint density at radius 2 is 1.67 bits per heavy atom. The third-order valence-electron chi connectivity index (χ3n) is 4.73. The Hall–Kier alpha value is -2.93. The zero-order chi connectivity index (χ0) is 18.9. The maximum absolute atomic E-state index is 12.6. The van der Waals surface area contributed by atoms with Crippen molar-refractivity contribution in [2.24, 2.45) is 0 Å². The van der Waals surface area contributed by atoms with Crippen LogP contribution in [0, 0.1) is 6.92 Å². The standard InChI is InChI=1S/C20H20N4O2S/c1-15-6-2-5-9-18(15)27(25,26)23-19-10-11-20(22-21-19)24-13-12-16-7-3-4-8-17(16)14-24/h2-11H,12-14H2,1H3,(H,21,23). The van der Waals surface area contributed by atoms with Crippen LogP contribution in [-0.4, -0.2) is 25.2 Å². The highest BCUT2D eigenvalue weighted by Crippen LogP contribution is 2.23. The van der Waals surface area contributed by atoms with Gasteiger partial charge in [0.05, 0.1) is 4.90 Å². The summed E-state index contributed by atoms with van der Waals surface area (Å²) in [6.07, 6.45) is 0.958. The number of nitrogens with one attached hydrogen (secondary N) is 1. The Labute approximate surface area is 158 Å². The lowest BCUT2D eigenvalue weighted by molar-refractivity contribution is 0.600. The lowest BCUT2D eigenvalue weighted by Crippen LogP contribution is -2.31. The van der Waals surface area contributed by atoms with E-state index in [1.807, 2.05) is 6.07 Å².